The molecular weight excluding hydrogens is 387 g/mol. The van der Waals surface area contributed by atoms with Gasteiger partial charge >= 0.3 is 7.82 Å². The molecule has 0 spiro atoms. The summed E-state index contributed by atoms with van der Waals surface area (Å²) in [4.78, 5) is 18.0. The summed E-state index contributed by atoms with van der Waals surface area (Å²) < 4.78 is 20.5. The molecule has 0 aliphatic heterocycles. The molecule has 2 aliphatic carbocycles. The van der Waals surface area contributed by atoms with Gasteiger partial charge in [0.15, 0.2) is 0 Å². The Morgan fingerprint density at radius 3 is 2.41 bits per heavy atom. The molecule has 2 N–H and O–H groups in total. The zero-order chi connectivity index (χ0) is 21.7. The summed E-state index contributed by atoms with van der Waals surface area (Å²) in [5, 5.41) is 0. The summed E-state index contributed by atoms with van der Waals surface area (Å²) in [7, 11) is -2.78. The van der Waals surface area contributed by atoms with Gasteiger partial charge in [0.1, 0.15) is 5.75 Å². The zero-order valence-corrected chi connectivity index (χ0v) is 19.6. The molecule has 0 bridgehead atoms. The van der Waals surface area contributed by atoms with Crippen LogP contribution in [0, 0.1) is 17.3 Å². The number of aryl methyl sites for hydroxylation is 1. The number of hydrogen-bond donors (Lipinski definition) is 2. The highest BCUT2D eigenvalue weighted by Gasteiger charge is 2.43. The predicted octanol–water partition coefficient (Wildman–Crippen LogP) is 6.08. The van der Waals surface area contributed by atoms with Crippen LogP contribution in [0.4, 0.5) is 0 Å². The Morgan fingerprint density at radius 1 is 1.21 bits per heavy atom. The Balaban J connectivity index is 0.000000537. The first kappa shape index (κ1) is 24.4. The molecule has 0 radical (unpaired) electrons. The molecule has 3 rings (SSSR count). The maximum atomic E-state index is 11.1. The number of ether oxygens (including phenoxy) is 1. The van der Waals surface area contributed by atoms with Crippen LogP contribution >= 0.6 is 7.82 Å². The van der Waals surface area contributed by atoms with Gasteiger partial charge in [0.05, 0.1) is 0 Å². The molecule has 1 fully saturated rings. The van der Waals surface area contributed by atoms with Crippen LogP contribution in [-0.4, -0.2) is 23.5 Å². The molecular formula is C23H39O5P. The van der Waals surface area contributed by atoms with Crippen molar-refractivity contribution < 1.29 is 23.6 Å². The second kappa shape index (κ2) is 10.4. The number of methoxy groups -OCH3 is 1. The van der Waals surface area contributed by atoms with Gasteiger partial charge in [-0.2, -0.15) is 0 Å². The average molecular weight is 427 g/mol. The Labute approximate surface area is 176 Å². The molecule has 3 unspecified atom stereocenters. The number of fused-ring (bicyclic) bond motifs is 1. The van der Waals surface area contributed by atoms with Crippen LogP contribution in [0.3, 0.4) is 0 Å². The van der Waals surface area contributed by atoms with E-state index in [0.717, 1.165) is 31.8 Å². The normalized spacial score (nSPS) is 25.7. The van der Waals surface area contributed by atoms with Crippen molar-refractivity contribution in [1.82, 2.24) is 0 Å². The van der Waals surface area contributed by atoms with E-state index in [1.54, 1.807) is 13.2 Å². The van der Waals surface area contributed by atoms with Crippen molar-refractivity contribution in [3.8, 4) is 5.75 Å². The number of hydrogen-bond acceptors (Lipinski definition) is 3. The third-order valence-corrected chi connectivity index (χ3v) is 7.16. The molecule has 3 atom stereocenters. The Morgan fingerprint density at radius 2 is 1.93 bits per heavy atom. The van der Waals surface area contributed by atoms with Crippen molar-refractivity contribution in [2.75, 3.05) is 13.7 Å². The van der Waals surface area contributed by atoms with Gasteiger partial charge in [-0.05, 0) is 85.0 Å². The molecule has 1 aromatic carbocycles. The molecule has 1 aromatic rings. The summed E-state index contributed by atoms with van der Waals surface area (Å²) >= 11 is 0. The highest BCUT2D eigenvalue weighted by molar-refractivity contribution is 7.46. The average Bonchev–Trinajstić information content (AvgIpc) is 2.99. The minimum atomic E-state index is -4.49. The third kappa shape index (κ3) is 6.55. The number of rotatable bonds is 6. The van der Waals surface area contributed by atoms with Crippen LogP contribution in [0.15, 0.2) is 18.2 Å². The van der Waals surface area contributed by atoms with E-state index < -0.39 is 7.82 Å². The highest BCUT2D eigenvalue weighted by Crippen LogP contribution is 2.54. The molecule has 0 amide bonds. The quantitative estimate of drug-likeness (QED) is 0.539. The van der Waals surface area contributed by atoms with Gasteiger partial charge in [-0.25, -0.2) is 4.57 Å². The lowest BCUT2D eigenvalue weighted by Crippen LogP contribution is -2.33. The van der Waals surface area contributed by atoms with Crippen molar-refractivity contribution in [1.29, 1.82) is 0 Å². The third-order valence-electron chi connectivity index (χ3n) is 6.71. The monoisotopic (exact) mass is 426 g/mol. The van der Waals surface area contributed by atoms with Gasteiger partial charge in [0.25, 0.3) is 0 Å². The largest absolute Gasteiger partial charge is 0.524 e. The highest BCUT2D eigenvalue weighted by atomic mass is 31.2. The van der Waals surface area contributed by atoms with Gasteiger partial charge in [0.2, 0.25) is 0 Å². The molecule has 5 nitrogen and oxygen atoms in total. The molecule has 29 heavy (non-hydrogen) atoms. The number of phosphoric acid groups is 1. The van der Waals surface area contributed by atoms with Gasteiger partial charge in [-0.1, -0.05) is 40.2 Å². The smallest absolute Gasteiger partial charge is 0.404 e. The molecule has 6 heteroatoms. The summed E-state index contributed by atoms with van der Waals surface area (Å²) in [5.74, 6) is 2.31. The molecule has 0 saturated heterocycles. The van der Waals surface area contributed by atoms with E-state index >= 15 is 0 Å². The van der Waals surface area contributed by atoms with Crippen LogP contribution in [-0.2, 0) is 15.7 Å². The SMILES string of the molecule is CCC1c2ccc(OP(=O)(O)O)cc2CCC1C1CCCC1(C)C.CCCOC. The van der Waals surface area contributed by atoms with E-state index in [4.69, 9.17) is 19.0 Å². The minimum absolute atomic E-state index is 0.275. The van der Waals surface area contributed by atoms with Crippen LogP contribution < -0.4 is 4.52 Å². The zero-order valence-electron chi connectivity index (χ0n) is 18.7. The number of benzene rings is 1. The Bertz CT molecular complexity index is 695. The van der Waals surface area contributed by atoms with Crippen molar-refractivity contribution in [2.45, 2.75) is 78.6 Å². The Kier molecular flexibility index (Phi) is 8.78. The lowest BCUT2D eigenvalue weighted by atomic mass is 9.63. The van der Waals surface area contributed by atoms with Crippen molar-refractivity contribution in [3.05, 3.63) is 29.3 Å². The standard InChI is InChI=1S/C19H29O4P.C4H10O/c1-4-15-16-10-8-14(23-24(20,21)22)12-13(16)7-9-17(15)18-6-5-11-19(18,2)3;1-3-4-5-2/h8,10,12,15,17-18H,4-7,9,11H2,1-3H3,(H2,20,21,22);3-4H2,1-2H3. The molecule has 0 heterocycles. The number of phosphoric ester groups is 1. The van der Waals surface area contributed by atoms with Crippen LogP contribution in [0.5, 0.6) is 5.75 Å². The fourth-order valence-corrected chi connectivity index (χ4v) is 5.85. The second-order valence-electron chi connectivity index (χ2n) is 9.14. The van der Waals surface area contributed by atoms with E-state index in [9.17, 15) is 4.57 Å². The maximum absolute atomic E-state index is 11.1. The maximum Gasteiger partial charge on any atom is 0.524 e. The first-order valence-corrected chi connectivity index (χ1v) is 12.5. The van der Waals surface area contributed by atoms with Crippen LogP contribution in [0.1, 0.15) is 83.3 Å². The predicted molar refractivity (Wildman–Crippen MR) is 117 cm³/mol. The van der Waals surface area contributed by atoms with Gasteiger partial charge in [-0.3, -0.25) is 9.79 Å². The molecule has 1 saturated carbocycles. The van der Waals surface area contributed by atoms with E-state index in [-0.39, 0.29) is 5.75 Å². The summed E-state index contributed by atoms with van der Waals surface area (Å²) in [6, 6.07) is 5.57. The summed E-state index contributed by atoms with van der Waals surface area (Å²) in [6.45, 7) is 10.1. The van der Waals surface area contributed by atoms with E-state index in [0.29, 0.717) is 17.3 Å². The van der Waals surface area contributed by atoms with Gasteiger partial charge in [-0.15, -0.1) is 0 Å². The van der Waals surface area contributed by atoms with Crippen molar-refractivity contribution >= 4 is 7.82 Å². The molecule has 0 aromatic heterocycles. The van der Waals surface area contributed by atoms with Gasteiger partial charge in [0, 0.05) is 13.7 Å². The summed E-state index contributed by atoms with van der Waals surface area (Å²) in [5.41, 5.74) is 2.98. The second-order valence-corrected chi connectivity index (χ2v) is 10.3. The van der Waals surface area contributed by atoms with Gasteiger partial charge < -0.3 is 9.26 Å². The van der Waals surface area contributed by atoms with Crippen LogP contribution in [0.2, 0.25) is 0 Å². The first-order valence-electron chi connectivity index (χ1n) is 11.0. The first-order chi connectivity index (χ1) is 13.6. The van der Waals surface area contributed by atoms with E-state index in [1.165, 1.54) is 36.8 Å². The lowest BCUT2D eigenvalue weighted by molar-refractivity contribution is 0.136. The molecule has 2 aliphatic rings. The van der Waals surface area contributed by atoms with E-state index in [1.807, 2.05) is 12.1 Å². The summed E-state index contributed by atoms with van der Waals surface area (Å²) in [6.07, 6.45) is 8.38. The van der Waals surface area contributed by atoms with Crippen molar-refractivity contribution in [3.63, 3.8) is 0 Å². The van der Waals surface area contributed by atoms with Crippen molar-refractivity contribution in [2.24, 2.45) is 17.3 Å². The minimum Gasteiger partial charge on any atom is -0.404 e. The van der Waals surface area contributed by atoms with Crippen LogP contribution in [0.25, 0.3) is 0 Å². The molecule has 166 valence electrons. The lowest BCUT2D eigenvalue weighted by Gasteiger charge is -2.42. The van der Waals surface area contributed by atoms with E-state index in [2.05, 4.69) is 27.7 Å². The Hall–Kier alpha value is -0.870. The fraction of sp³-hybridized carbons (Fsp3) is 0.739. The topological polar surface area (TPSA) is 76.0 Å². The fourth-order valence-electron chi connectivity index (χ4n) is 5.46.